The Balaban J connectivity index is 2.33. The minimum atomic E-state index is -4.17. The van der Waals surface area contributed by atoms with E-state index in [9.17, 15) is 23.9 Å². The van der Waals surface area contributed by atoms with E-state index in [4.69, 9.17) is 0 Å². The minimum Gasteiger partial charge on any atom is -0.380 e. The van der Waals surface area contributed by atoms with Crippen LogP contribution in [0.15, 0.2) is 9.59 Å². The summed E-state index contributed by atoms with van der Waals surface area (Å²) in [5.74, 6) is 0. The van der Waals surface area contributed by atoms with E-state index in [1.54, 1.807) is 4.90 Å². The summed E-state index contributed by atoms with van der Waals surface area (Å²) in [6.45, 7) is 3.03. The Labute approximate surface area is 116 Å². The first kappa shape index (κ1) is 15.2. The van der Waals surface area contributed by atoms with Crippen molar-refractivity contribution in [1.29, 1.82) is 0 Å². The van der Waals surface area contributed by atoms with Gasteiger partial charge in [-0.3, -0.25) is 14.2 Å². The van der Waals surface area contributed by atoms with Crippen LogP contribution in [0.1, 0.15) is 26.2 Å². The molecule has 20 heavy (non-hydrogen) atoms. The van der Waals surface area contributed by atoms with Crippen LogP contribution in [0.3, 0.4) is 0 Å². The molecule has 0 radical (unpaired) electrons. The van der Waals surface area contributed by atoms with Crippen molar-refractivity contribution in [2.24, 2.45) is 0 Å². The van der Waals surface area contributed by atoms with Crippen LogP contribution in [0.2, 0.25) is 0 Å². The Morgan fingerprint density at radius 3 is 2.65 bits per heavy atom. The van der Waals surface area contributed by atoms with E-state index in [1.165, 1.54) is 0 Å². The third-order valence-corrected chi connectivity index (χ3v) is 4.46. The van der Waals surface area contributed by atoms with Crippen LogP contribution in [-0.4, -0.2) is 35.1 Å². The minimum absolute atomic E-state index is 0.293. The average Bonchev–Trinajstić information content (AvgIpc) is 2.56. The maximum Gasteiger partial charge on any atom is 0.327 e. The second-order valence-electron chi connectivity index (χ2n) is 5.15. The maximum atomic E-state index is 11.8. The summed E-state index contributed by atoms with van der Waals surface area (Å²) < 4.78 is 11.3. The molecule has 0 bridgehead atoms. The van der Waals surface area contributed by atoms with Gasteiger partial charge in [-0.15, -0.1) is 0 Å². The van der Waals surface area contributed by atoms with E-state index < -0.39 is 24.5 Å². The normalized spacial score (nSPS) is 17.4. The number of rotatable bonds is 5. The van der Waals surface area contributed by atoms with E-state index in [0.29, 0.717) is 30.9 Å². The number of hydrogen-bond acceptors (Lipinski definition) is 5. The zero-order chi connectivity index (χ0) is 14.9. The number of fused-ring (bicyclic) bond motifs is 1. The predicted molar refractivity (Wildman–Crippen MR) is 77.4 cm³/mol. The molecule has 1 aromatic carbocycles. The molecule has 112 valence electrons. The summed E-state index contributed by atoms with van der Waals surface area (Å²) in [5.41, 5.74) is -0.474. The Morgan fingerprint density at radius 1 is 1.35 bits per heavy atom. The van der Waals surface area contributed by atoms with E-state index in [1.807, 2.05) is 6.92 Å². The quantitative estimate of drug-likeness (QED) is 0.528. The van der Waals surface area contributed by atoms with Crippen LogP contribution in [0, 0.1) is 0 Å². The van der Waals surface area contributed by atoms with Gasteiger partial charge in [-0.2, -0.15) is 0 Å². The summed E-state index contributed by atoms with van der Waals surface area (Å²) in [7, 11) is -4.17. The van der Waals surface area contributed by atoms with Crippen molar-refractivity contribution < 1.29 is 14.4 Å². The summed E-state index contributed by atoms with van der Waals surface area (Å²) >= 11 is 0. The summed E-state index contributed by atoms with van der Waals surface area (Å²) in [4.78, 5) is 43.4. The molecule has 1 heterocycles. The van der Waals surface area contributed by atoms with Gasteiger partial charge in [0, 0.05) is 19.1 Å². The van der Waals surface area contributed by atoms with Crippen molar-refractivity contribution in [3.63, 3.8) is 0 Å². The molecular formula is C12H19N2O5P. The third kappa shape index (κ3) is 2.95. The van der Waals surface area contributed by atoms with Crippen LogP contribution in [0.25, 0.3) is 0 Å². The molecule has 0 spiro atoms. The first-order chi connectivity index (χ1) is 9.35. The van der Waals surface area contributed by atoms with Gasteiger partial charge in [0.15, 0.2) is 0 Å². The van der Waals surface area contributed by atoms with Crippen molar-refractivity contribution in [3.05, 3.63) is 20.4 Å². The van der Waals surface area contributed by atoms with Gasteiger partial charge in [-0.05, 0) is 12.8 Å². The van der Waals surface area contributed by atoms with Gasteiger partial charge in [0.05, 0.1) is 6.16 Å². The molecule has 0 amide bonds. The van der Waals surface area contributed by atoms with Crippen LogP contribution >= 0.6 is 7.60 Å². The molecule has 1 aliphatic rings. The van der Waals surface area contributed by atoms with Gasteiger partial charge in [-0.25, -0.2) is 0 Å². The molecule has 1 unspecified atom stereocenters. The molecule has 0 aliphatic carbocycles. The number of nitrogens with zero attached hydrogens (tertiary/aromatic N) is 1. The van der Waals surface area contributed by atoms with Crippen molar-refractivity contribution in [3.8, 4) is 0 Å². The Morgan fingerprint density at radius 2 is 2.05 bits per heavy atom. The zero-order valence-electron chi connectivity index (χ0n) is 11.3. The molecule has 1 aromatic rings. The average molecular weight is 302 g/mol. The first-order valence-corrected chi connectivity index (χ1v) is 8.53. The molecule has 3 N–H and O–H groups in total. The monoisotopic (exact) mass is 302 g/mol. The highest BCUT2D eigenvalue weighted by molar-refractivity contribution is 7.51. The fraction of sp³-hybridized carbons (Fsp3) is 0.667. The second-order valence-corrected chi connectivity index (χ2v) is 6.84. The van der Waals surface area contributed by atoms with Crippen molar-refractivity contribution in [2.75, 3.05) is 29.5 Å². The van der Waals surface area contributed by atoms with Crippen LogP contribution in [0.5, 0.6) is 0 Å². The van der Waals surface area contributed by atoms with Gasteiger partial charge in [0.2, 0.25) is 0 Å². The lowest BCUT2D eigenvalue weighted by Crippen LogP contribution is -2.47. The Kier molecular flexibility index (Phi) is 4.32. The lowest BCUT2D eigenvalue weighted by Gasteiger charge is -2.33. The molecule has 8 heteroatoms. The fourth-order valence-corrected chi connectivity index (χ4v) is 3.64. The Bertz CT molecular complexity index is 601. The maximum absolute atomic E-state index is 11.8. The van der Waals surface area contributed by atoms with Crippen LogP contribution in [-0.2, 0) is 4.57 Å². The van der Waals surface area contributed by atoms with Crippen LogP contribution in [0.4, 0.5) is 11.4 Å². The highest BCUT2D eigenvalue weighted by Crippen LogP contribution is 2.39. The largest absolute Gasteiger partial charge is 0.380 e. The van der Waals surface area contributed by atoms with Crippen molar-refractivity contribution in [2.45, 2.75) is 32.2 Å². The molecule has 0 saturated carbocycles. The SMILES string of the molecule is CCCC(CP(=O)(O)O)N1CCCNc2c1c(=O)c2=O. The van der Waals surface area contributed by atoms with Crippen molar-refractivity contribution >= 4 is 19.0 Å². The number of nitrogens with one attached hydrogen (secondary N) is 1. The smallest absolute Gasteiger partial charge is 0.327 e. The standard InChI is InChI=1S/C12H19N2O5P/c1-2-4-8(7-20(17,18)19)14-6-3-5-13-9-10(14)12(16)11(9)15/h8,13H,2-7H2,1H3,(H2,17,18,19). The molecule has 0 aromatic heterocycles. The van der Waals surface area contributed by atoms with Gasteiger partial charge < -0.3 is 20.0 Å². The van der Waals surface area contributed by atoms with Crippen molar-refractivity contribution in [1.82, 2.24) is 0 Å². The summed E-state index contributed by atoms with van der Waals surface area (Å²) in [6, 6.07) is -0.414. The summed E-state index contributed by atoms with van der Waals surface area (Å²) in [5, 5.41) is 2.92. The van der Waals surface area contributed by atoms with Gasteiger partial charge in [0.1, 0.15) is 11.4 Å². The topological polar surface area (TPSA) is 107 Å². The molecule has 1 aliphatic heterocycles. The third-order valence-electron chi connectivity index (χ3n) is 3.56. The van der Waals surface area contributed by atoms with Gasteiger partial charge in [0.25, 0.3) is 10.9 Å². The van der Waals surface area contributed by atoms with E-state index in [2.05, 4.69) is 5.32 Å². The van der Waals surface area contributed by atoms with E-state index >= 15 is 0 Å². The highest BCUT2D eigenvalue weighted by atomic mass is 31.2. The number of hydrogen-bond donors (Lipinski definition) is 3. The van der Waals surface area contributed by atoms with Crippen LogP contribution < -0.4 is 21.1 Å². The molecule has 0 fully saturated rings. The Hall–Kier alpha value is -1.17. The van der Waals surface area contributed by atoms with Gasteiger partial charge >= 0.3 is 7.60 Å². The molecule has 7 nitrogen and oxygen atoms in total. The first-order valence-electron chi connectivity index (χ1n) is 6.73. The molecule has 0 saturated heterocycles. The lowest BCUT2D eigenvalue weighted by molar-refractivity contribution is 0.365. The highest BCUT2D eigenvalue weighted by Gasteiger charge is 2.34. The van der Waals surface area contributed by atoms with E-state index in [0.717, 1.165) is 12.8 Å². The zero-order valence-corrected chi connectivity index (χ0v) is 12.2. The lowest BCUT2D eigenvalue weighted by atomic mass is 10.1. The molecule has 2 rings (SSSR count). The molecular weight excluding hydrogens is 283 g/mol. The molecule has 1 atom stereocenters. The van der Waals surface area contributed by atoms with Gasteiger partial charge in [-0.1, -0.05) is 13.3 Å². The fourth-order valence-electron chi connectivity index (χ4n) is 2.71. The second kappa shape index (κ2) is 5.68. The predicted octanol–water partition coefficient (Wildman–Crippen LogP) is 0.251. The number of anilines is 2. The van der Waals surface area contributed by atoms with E-state index in [-0.39, 0.29) is 6.16 Å². The summed E-state index contributed by atoms with van der Waals surface area (Å²) in [6.07, 6.45) is 1.75.